The fourth-order valence-electron chi connectivity index (χ4n) is 2.17. The largest absolute Gasteiger partial charge is 0.484 e. The first-order valence-corrected chi connectivity index (χ1v) is 6.45. The molecule has 1 aliphatic heterocycles. The van der Waals surface area contributed by atoms with E-state index in [1.54, 1.807) is 0 Å². The number of carboxylic acids is 1. The monoisotopic (exact) mass is 281 g/mol. The molecule has 1 heterocycles. The van der Waals surface area contributed by atoms with Crippen LogP contribution in [0, 0.1) is 11.7 Å². The van der Waals surface area contributed by atoms with Crippen molar-refractivity contribution < 1.29 is 23.8 Å². The second-order valence-electron chi connectivity index (χ2n) is 4.76. The van der Waals surface area contributed by atoms with E-state index in [0.29, 0.717) is 25.1 Å². The van der Waals surface area contributed by atoms with Crippen molar-refractivity contribution in [1.29, 1.82) is 0 Å². The molecule has 5 nitrogen and oxygen atoms in total. The summed E-state index contributed by atoms with van der Waals surface area (Å²) >= 11 is 0. The van der Waals surface area contributed by atoms with Gasteiger partial charge in [-0.05, 0) is 37.1 Å². The van der Waals surface area contributed by atoms with Gasteiger partial charge in [0.1, 0.15) is 11.6 Å². The summed E-state index contributed by atoms with van der Waals surface area (Å²) in [6, 6.07) is 5.39. The number of carboxylic acid groups (broad SMARTS) is 1. The average Bonchev–Trinajstić information content (AvgIpc) is 2.46. The third kappa shape index (κ3) is 3.69. The molecule has 0 aliphatic carbocycles. The smallest absolute Gasteiger partial charge is 0.308 e. The van der Waals surface area contributed by atoms with E-state index in [-0.39, 0.29) is 24.9 Å². The van der Waals surface area contributed by atoms with Gasteiger partial charge in [-0.1, -0.05) is 0 Å². The third-order valence-electron chi connectivity index (χ3n) is 3.30. The molecule has 0 bridgehead atoms. The van der Waals surface area contributed by atoms with Crippen LogP contribution < -0.4 is 4.74 Å². The number of hydrogen-bond donors (Lipinski definition) is 1. The molecule has 1 aliphatic rings. The van der Waals surface area contributed by atoms with Crippen LogP contribution in [0.15, 0.2) is 24.3 Å². The number of likely N-dealkylation sites (tertiary alicyclic amines) is 1. The molecule has 1 fully saturated rings. The van der Waals surface area contributed by atoms with Gasteiger partial charge in [0.05, 0.1) is 5.92 Å². The molecule has 2 rings (SSSR count). The summed E-state index contributed by atoms with van der Waals surface area (Å²) in [6.07, 6.45) is 1.27. The first-order valence-electron chi connectivity index (χ1n) is 6.45. The molecular formula is C14H16FNO4. The number of aliphatic carboxylic acids is 1. The fraction of sp³-hybridized carbons (Fsp3) is 0.429. The number of amides is 1. The molecule has 1 amide bonds. The van der Waals surface area contributed by atoms with Crippen LogP contribution in [-0.2, 0) is 9.59 Å². The summed E-state index contributed by atoms with van der Waals surface area (Å²) in [7, 11) is 0. The Labute approximate surface area is 116 Å². The Balaban J connectivity index is 1.85. The third-order valence-corrected chi connectivity index (χ3v) is 3.30. The number of carbonyl (C=O) groups is 2. The van der Waals surface area contributed by atoms with Crippen LogP contribution >= 0.6 is 0 Å². The highest BCUT2D eigenvalue weighted by Crippen LogP contribution is 2.17. The zero-order chi connectivity index (χ0) is 14.5. The minimum Gasteiger partial charge on any atom is -0.484 e. The molecule has 0 aromatic heterocycles. The number of benzene rings is 1. The van der Waals surface area contributed by atoms with Gasteiger partial charge in [0.15, 0.2) is 6.61 Å². The van der Waals surface area contributed by atoms with E-state index in [2.05, 4.69) is 0 Å². The summed E-state index contributed by atoms with van der Waals surface area (Å²) in [5.74, 6) is -1.59. The number of piperidine rings is 1. The van der Waals surface area contributed by atoms with Gasteiger partial charge in [0, 0.05) is 13.1 Å². The van der Waals surface area contributed by atoms with Crippen LogP contribution in [0.2, 0.25) is 0 Å². The fourth-order valence-corrected chi connectivity index (χ4v) is 2.17. The summed E-state index contributed by atoms with van der Waals surface area (Å²) in [6.45, 7) is 0.605. The van der Waals surface area contributed by atoms with Gasteiger partial charge in [-0.3, -0.25) is 9.59 Å². The number of ether oxygens (including phenoxy) is 1. The van der Waals surface area contributed by atoms with Crippen LogP contribution in [0.5, 0.6) is 5.75 Å². The Morgan fingerprint density at radius 3 is 2.70 bits per heavy atom. The SMILES string of the molecule is O=C(O)[C@@H]1CCCN(C(=O)COc2ccc(F)cc2)C1. The van der Waals surface area contributed by atoms with Crippen molar-refractivity contribution in [3.63, 3.8) is 0 Å². The van der Waals surface area contributed by atoms with Gasteiger partial charge in [-0.15, -0.1) is 0 Å². The highest BCUT2D eigenvalue weighted by molar-refractivity contribution is 5.79. The van der Waals surface area contributed by atoms with Gasteiger partial charge < -0.3 is 14.7 Å². The second kappa shape index (κ2) is 6.36. The zero-order valence-electron chi connectivity index (χ0n) is 10.9. The first kappa shape index (κ1) is 14.3. The molecule has 0 radical (unpaired) electrons. The molecule has 0 spiro atoms. The highest BCUT2D eigenvalue weighted by atomic mass is 19.1. The summed E-state index contributed by atoms with van der Waals surface area (Å²) in [4.78, 5) is 24.4. The molecule has 108 valence electrons. The van der Waals surface area contributed by atoms with Crippen LogP contribution in [-0.4, -0.2) is 41.6 Å². The number of rotatable bonds is 4. The molecule has 1 aromatic carbocycles. The quantitative estimate of drug-likeness (QED) is 0.908. The van der Waals surface area contributed by atoms with Gasteiger partial charge in [-0.25, -0.2) is 4.39 Å². The average molecular weight is 281 g/mol. The molecule has 6 heteroatoms. The zero-order valence-corrected chi connectivity index (χ0v) is 10.9. The lowest BCUT2D eigenvalue weighted by molar-refractivity contribution is -0.146. The molecule has 1 N–H and O–H groups in total. The normalized spacial score (nSPS) is 18.6. The van der Waals surface area contributed by atoms with Crippen molar-refractivity contribution in [3.05, 3.63) is 30.1 Å². The molecular weight excluding hydrogens is 265 g/mol. The maximum atomic E-state index is 12.7. The van der Waals surface area contributed by atoms with E-state index < -0.39 is 11.9 Å². The van der Waals surface area contributed by atoms with Crippen molar-refractivity contribution >= 4 is 11.9 Å². The first-order chi connectivity index (χ1) is 9.56. The van der Waals surface area contributed by atoms with Crippen molar-refractivity contribution in [2.75, 3.05) is 19.7 Å². The highest BCUT2D eigenvalue weighted by Gasteiger charge is 2.28. The number of carbonyl (C=O) groups excluding carboxylic acids is 1. The van der Waals surface area contributed by atoms with Crippen molar-refractivity contribution in [2.24, 2.45) is 5.92 Å². The maximum Gasteiger partial charge on any atom is 0.308 e. The van der Waals surface area contributed by atoms with Gasteiger partial charge in [-0.2, -0.15) is 0 Å². The predicted molar refractivity (Wildman–Crippen MR) is 68.8 cm³/mol. The topological polar surface area (TPSA) is 66.8 Å². The van der Waals surface area contributed by atoms with E-state index in [1.165, 1.54) is 29.2 Å². The van der Waals surface area contributed by atoms with Crippen molar-refractivity contribution in [2.45, 2.75) is 12.8 Å². The molecule has 0 saturated carbocycles. The standard InChI is InChI=1S/C14H16FNO4/c15-11-3-5-12(6-4-11)20-9-13(17)16-7-1-2-10(8-16)14(18)19/h3-6,10H,1-2,7-9H2,(H,18,19)/t10-/m1/s1. The summed E-state index contributed by atoms with van der Waals surface area (Å²) in [5.41, 5.74) is 0. The number of nitrogens with zero attached hydrogens (tertiary/aromatic N) is 1. The summed E-state index contributed by atoms with van der Waals surface area (Å²) < 4.78 is 18.0. The van der Waals surface area contributed by atoms with E-state index in [0.717, 1.165) is 0 Å². The van der Waals surface area contributed by atoms with Crippen LogP contribution in [0.1, 0.15) is 12.8 Å². The Kier molecular flexibility index (Phi) is 4.55. The minimum atomic E-state index is -0.873. The van der Waals surface area contributed by atoms with E-state index >= 15 is 0 Å². The van der Waals surface area contributed by atoms with Crippen molar-refractivity contribution in [3.8, 4) is 5.75 Å². The molecule has 1 aromatic rings. The van der Waals surface area contributed by atoms with Gasteiger partial charge >= 0.3 is 5.97 Å². The lowest BCUT2D eigenvalue weighted by atomic mass is 9.98. The number of hydrogen-bond acceptors (Lipinski definition) is 3. The maximum absolute atomic E-state index is 12.7. The van der Waals surface area contributed by atoms with Gasteiger partial charge in [0.25, 0.3) is 5.91 Å². The Morgan fingerprint density at radius 2 is 2.05 bits per heavy atom. The van der Waals surface area contributed by atoms with Crippen molar-refractivity contribution in [1.82, 2.24) is 4.90 Å². The van der Waals surface area contributed by atoms with Crippen LogP contribution in [0.4, 0.5) is 4.39 Å². The molecule has 1 saturated heterocycles. The molecule has 20 heavy (non-hydrogen) atoms. The summed E-state index contributed by atoms with van der Waals surface area (Å²) in [5, 5.41) is 8.97. The molecule has 1 atom stereocenters. The van der Waals surface area contributed by atoms with Crippen LogP contribution in [0.25, 0.3) is 0 Å². The second-order valence-corrected chi connectivity index (χ2v) is 4.76. The number of halogens is 1. The van der Waals surface area contributed by atoms with Gasteiger partial charge in [0.2, 0.25) is 0 Å². The lowest BCUT2D eigenvalue weighted by Gasteiger charge is -2.30. The molecule has 0 unspecified atom stereocenters. The Morgan fingerprint density at radius 1 is 1.35 bits per heavy atom. The minimum absolute atomic E-state index is 0.169. The Hall–Kier alpha value is -2.11. The van der Waals surface area contributed by atoms with E-state index in [4.69, 9.17) is 9.84 Å². The van der Waals surface area contributed by atoms with E-state index in [1.807, 2.05) is 0 Å². The van der Waals surface area contributed by atoms with Crippen LogP contribution in [0.3, 0.4) is 0 Å². The Bertz CT molecular complexity index is 488. The van der Waals surface area contributed by atoms with E-state index in [9.17, 15) is 14.0 Å². The predicted octanol–water partition coefficient (Wildman–Crippen LogP) is 1.53. The lowest BCUT2D eigenvalue weighted by Crippen LogP contribution is -2.44.